The summed E-state index contributed by atoms with van der Waals surface area (Å²) in [4.78, 5) is 16.5. The van der Waals surface area contributed by atoms with Crippen molar-refractivity contribution in [2.24, 2.45) is 0 Å². The number of fused-ring (bicyclic) bond motifs is 1. The molecule has 0 aliphatic rings. The number of ether oxygens (including phenoxy) is 1. The minimum atomic E-state index is -0.581. The predicted molar refractivity (Wildman–Crippen MR) is 104 cm³/mol. The molecule has 0 fully saturated rings. The number of nitrogens with one attached hydrogen (secondary N) is 1. The number of hydrogen-bond donors (Lipinski definition) is 5. The Labute approximate surface area is 155 Å². The van der Waals surface area contributed by atoms with Gasteiger partial charge in [0.25, 0.3) is 0 Å². The SMILES string of the molecule is CCNCC(O)COc1ccc(-c2nc3c(N)nc(N)nc3nc2N)cc1. The Balaban J connectivity index is 1.79. The van der Waals surface area contributed by atoms with Gasteiger partial charge in [0.05, 0.1) is 0 Å². The van der Waals surface area contributed by atoms with Crippen molar-refractivity contribution < 1.29 is 9.84 Å². The van der Waals surface area contributed by atoms with Crippen molar-refractivity contribution in [2.75, 3.05) is 36.9 Å². The lowest BCUT2D eigenvalue weighted by Crippen LogP contribution is -2.31. The highest BCUT2D eigenvalue weighted by molar-refractivity contribution is 5.87. The van der Waals surface area contributed by atoms with Gasteiger partial charge in [-0.25, -0.2) is 9.97 Å². The van der Waals surface area contributed by atoms with Crippen LogP contribution < -0.4 is 27.3 Å². The topological polar surface area (TPSA) is 171 Å². The van der Waals surface area contributed by atoms with Gasteiger partial charge < -0.3 is 32.4 Å². The monoisotopic (exact) mass is 370 g/mol. The van der Waals surface area contributed by atoms with Crippen LogP contribution in [0.3, 0.4) is 0 Å². The van der Waals surface area contributed by atoms with Gasteiger partial charge in [0, 0.05) is 12.1 Å². The van der Waals surface area contributed by atoms with Gasteiger partial charge in [0.2, 0.25) is 5.95 Å². The molecule has 10 nitrogen and oxygen atoms in total. The number of aliphatic hydroxyl groups excluding tert-OH is 1. The maximum Gasteiger partial charge on any atom is 0.224 e. The fourth-order valence-corrected chi connectivity index (χ4v) is 2.48. The van der Waals surface area contributed by atoms with Crippen LogP contribution in [0.1, 0.15) is 6.92 Å². The molecule has 1 unspecified atom stereocenters. The molecule has 0 radical (unpaired) electrons. The van der Waals surface area contributed by atoms with Crippen molar-refractivity contribution in [3.05, 3.63) is 24.3 Å². The summed E-state index contributed by atoms with van der Waals surface area (Å²) in [6, 6.07) is 7.13. The molecule has 3 rings (SSSR count). The number of nitrogens with zero attached hydrogens (tertiary/aromatic N) is 4. The van der Waals surface area contributed by atoms with E-state index in [1.165, 1.54) is 0 Å². The second kappa shape index (κ2) is 7.98. The molecule has 0 saturated heterocycles. The van der Waals surface area contributed by atoms with E-state index in [2.05, 4.69) is 25.3 Å². The van der Waals surface area contributed by atoms with E-state index in [1.807, 2.05) is 6.92 Å². The smallest absolute Gasteiger partial charge is 0.224 e. The Bertz CT molecular complexity index is 932. The van der Waals surface area contributed by atoms with Crippen molar-refractivity contribution in [1.82, 2.24) is 25.3 Å². The molecular formula is C17H22N8O2. The Morgan fingerprint density at radius 2 is 1.78 bits per heavy atom. The van der Waals surface area contributed by atoms with Crippen LogP contribution in [0.4, 0.5) is 17.6 Å². The summed E-state index contributed by atoms with van der Waals surface area (Å²) < 4.78 is 5.58. The largest absolute Gasteiger partial charge is 0.491 e. The summed E-state index contributed by atoms with van der Waals surface area (Å²) >= 11 is 0. The summed E-state index contributed by atoms with van der Waals surface area (Å²) in [6.45, 7) is 3.44. The minimum Gasteiger partial charge on any atom is -0.491 e. The Morgan fingerprint density at radius 1 is 1.04 bits per heavy atom. The van der Waals surface area contributed by atoms with Gasteiger partial charge in [-0.15, -0.1) is 0 Å². The standard InChI is InChI=1S/C17H22N8O2/c1-2-21-7-10(26)8-27-11-5-3-9(4-6-11)12-14(18)23-16-13(22-12)15(19)24-17(20)25-16/h3-6,10,21,26H,2,7-8H2,1H3,(H6,18,19,20,23,24,25). The quantitative estimate of drug-likeness (QED) is 0.386. The average Bonchev–Trinajstić information content (AvgIpc) is 2.64. The predicted octanol–water partition coefficient (Wildman–Crippen LogP) is 0.183. The highest BCUT2D eigenvalue weighted by Gasteiger charge is 2.13. The normalized spacial score (nSPS) is 12.2. The number of aromatic nitrogens is 4. The molecule has 8 N–H and O–H groups in total. The van der Waals surface area contributed by atoms with Crippen LogP contribution in [-0.4, -0.2) is 50.8 Å². The van der Waals surface area contributed by atoms with Gasteiger partial charge in [0.15, 0.2) is 22.8 Å². The lowest BCUT2D eigenvalue weighted by molar-refractivity contribution is 0.107. The Morgan fingerprint density at radius 3 is 2.48 bits per heavy atom. The molecule has 3 aromatic rings. The van der Waals surface area contributed by atoms with Crippen molar-refractivity contribution in [3.8, 4) is 17.0 Å². The Hall–Kier alpha value is -3.24. The molecule has 10 heteroatoms. The second-order valence-electron chi connectivity index (χ2n) is 5.89. The van der Waals surface area contributed by atoms with Crippen LogP contribution in [0, 0.1) is 0 Å². The van der Waals surface area contributed by atoms with E-state index < -0.39 is 6.10 Å². The number of anilines is 3. The molecule has 0 spiro atoms. The van der Waals surface area contributed by atoms with Crippen molar-refractivity contribution in [2.45, 2.75) is 13.0 Å². The van der Waals surface area contributed by atoms with Crippen LogP contribution >= 0.6 is 0 Å². The first kappa shape index (κ1) is 18.5. The fourth-order valence-electron chi connectivity index (χ4n) is 2.48. The molecule has 1 atom stereocenters. The van der Waals surface area contributed by atoms with Crippen LogP contribution in [-0.2, 0) is 0 Å². The van der Waals surface area contributed by atoms with E-state index in [1.54, 1.807) is 24.3 Å². The van der Waals surface area contributed by atoms with E-state index in [4.69, 9.17) is 21.9 Å². The molecule has 0 amide bonds. The fraction of sp³-hybridized carbons (Fsp3) is 0.294. The zero-order valence-corrected chi connectivity index (χ0v) is 14.9. The third-order valence-electron chi connectivity index (χ3n) is 3.80. The van der Waals surface area contributed by atoms with Gasteiger partial charge in [0.1, 0.15) is 24.2 Å². The van der Waals surface area contributed by atoms with Gasteiger partial charge >= 0.3 is 0 Å². The number of likely N-dealkylation sites (N-methyl/N-ethyl adjacent to an activating group) is 1. The average molecular weight is 370 g/mol. The molecule has 0 saturated carbocycles. The highest BCUT2D eigenvalue weighted by atomic mass is 16.5. The van der Waals surface area contributed by atoms with Crippen LogP contribution in [0.5, 0.6) is 5.75 Å². The third kappa shape index (κ3) is 4.30. The number of nitrogen functional groups attached to an aromatic ring is 3. The molecule has 2 heterocycles. The van der Waals surface area contributed by atoms with Crippen LogP contribution in [0.25, 0.3) is 22.4 Å². The molecule has 0 aliphatic carbocycles. The van der Waals surface area contributed by atoms with Crippen molar-refractivity contribution in [3.63, 3.8) is 0 Å². The van der Waals surface area contributed by atoms with Crippen LogP contribution in [0.2, 0.25) is 0 Å². The minimum absolute atomic E-state index is 0.0132. The molecule has 2 aromatic heterocycles. The van der Waals surface area contributed by atoms with Crippen molar-refractivity contribution >= 4 is 28.7 Å². The number of rotatable bonds is 7. The second-order valence-corrected chi connectivity index (χ2v) is 5.89. The molecule has 27 heavy (non-hydrogen) atoms. The van der Waals surface area contributed by atoms with E-state index in [0.717, 1.165) is 12.1 Å². The molecule has 0 aliphatic heterocycles. The van der Waals surface area contributed by atoms with Crippen LogP contribution in [0.15, 0.2) is 24.3 Å². The number of nitrogens with two attached hydrogens (primary N) is 3. The first-order valence-electron chi connectivity index (χ1n) is 8.46. The maximum atomic E-state index is 9.80. The zero-order valence-electron chi connectivity index (χ0n) is 14.9. The van der Waals surface area contributed by atoms with E-state index in [0.29, 0.717) is 23.5 Å². The van der Waals surface area contributed by atoms with Gasteiger partial charge in [-0.1, -0.05) is 6.92 Å². The van der Waals surface area contributed by atoms with Crippen molar-refractivity contribution in [1.29, 1.82) is 0 Å². The Kier molecular flexibility index (Phi) is 5.48. The third-order valence-corrected chi connectivity index (χ3v) is 3.80. The molecular weight excluding hydrogens is 348 g/mol. The number of aliphatic hydroxyl groups is 1. The molecule has 1 aromatic carbocycles. The van der Waals surface area contributed by atoms with Gasteiger partial charge in [-0.3, -0.25) is 0 Å². The zero-order chi connectivity index (χ0) is 19.4. The van der Waals surface area contributed by atoms with E-state index in [-0.39, 0.29) is 29.8 Å². The maximum absolute atomic E-state index is 9.80. The van der Waals surface area contributed by atoms with Gasteiger partial charge in [-0.2, -0.15) is 9.97 Å². The molecule has 0 bridgehead atoms. The highest BCUT2D eigenvalue weighted by Crippen LogP contribution is 2.27. The summed E-state index contributed by atoms with van der Waals surface area (Å²) in [6.07, 6.45) is -0.581. The van der Waals surface area contributed by atoms with Gasteiger partial charge in [-0.05, 0) is 30.8 Å². The van der Waals surface area contributed by atoms with E-state index >= 15 is 0 Å². The summed E-state index contributed by atoms with van der Waals surface area (Å²) in [5, 5.41) is 12.9. The first-order chi connectivity index (χ1) is 13.0. The molecule has 142 valence electrons. The lowest BCUT2D eigenvalue weighted by atomic mass is 10.1. The number of hydrogen-bond acceptors (Lipinski definition) is 10. The van der Waals surface area contributed by atoms with E-state index in [9.17, 15) is 5.11 Å². The summed E-state index contributed by atoms with van der Waals surface area (Å²) in [7, 11) is 0. The first-order valence-corrected chi connectivity index (χ1v) is 8.46. The number of benzene rings is 1. The summed E-state index contributed by atoms with van der Waals surface area (Å²) in [5.74, 6) is 0.979. The summed E-state index contributed by atoms with van der Waals surface area (Å²) in [5.41, 5.74) is 19.2. The lowest BCUT2D eigenvalue weighted by Gasteiger charge is -2.13.